The second-order valence-electron chi connectivity index (χ2n) is 6.08. The number of hydrogen-bond acceptors (Lipinski definition) is 1. The van der Waals surface area contributed by atoms with Crippen LogP contribution >= 0.6 is 0 Å². The Labute approximate surface area is 133 Å². The second-order valence-corrected chi connectivity index (χ2v) is 10.2. The van der Waals surface area contributed by atoms with E-state index in [9.17, 15) is 0 Å². The predicted octanol–water partition coefficient (Wildman–Crippen LogP) is 6.12. The summed E-state index contributed by atoms with van der Waals surface area (Å²) in [5.74, 6) is 0. The summed E-state index contributed by atoms with van der Waals surface area (Å²) in [7, 11) is -1.81. The van der Waals surface area contributed by atoms with E-state index in [0.717, 1.165) is 13.0 Å². The van der Waals surface area contributed by atoms with Crippen molar-refractivity contribution in [2.24, 2.45) is 0 Å². The van der Waals surface area contributed by atoms with E-state index in [1.54, 1.807) is 0 Å². The van der Waals surface area contributed by atoms with Crippen LogP contribution in [0.3, 0.4) is 0 Å². The molecule has 1 atom stereocenters. The first-order chi connectivity index (χ1) is 10.2. The minimum absolute atomic E-state index is 0.350. The molecule has 1 rings (SSSR count). The Kier molecular flexibility index (Phi) is 8.94. The summed E-state index contributed by atoms with van der Waals surface area (Å²) in [5, 5.41) is 0. The monoisotopic (exact) mass is 305 g/mol. The Morgan fingerprint density at radius 1 is 0.952 bits per heavy atom. The average molecular weight is 306 g/mol. The van der Waals surface area contributed by atoms with Crippen molar-refractivity contribution < 1.29 is 4.43 Å². The fourth-order valence-electron chi connectivity index (χ4n) is 2.96. The first-order valence-electron chi connectivity index (χ1n) is 8.72. The van der Waals surface area contributed by atoms with Crippen molar-refractivity contribution in [3.05, 3.63) is 42.8 Å². The highest BCUT2D eigenvalue weighted by Gasteiger charge is 2.40. The van der Waals surface area contributed by atoms with E-state index in [-0.39, 0.29) is 0 Å². The van der Waals surface area contributed by atoms with Crippen molar-refractivity contribution in [2.75, 3.05) is 6.61 Å². The molecule has 0 fully saturated rings. The van der Waals surface area contributed by atoms with Crippen molar-refractivity contribution in [1.82, 2.24) is 0 Å². The molecule has 0 saturated carbocycles. The van der Waals surface area contributed by atoms with Gasteiger partial charge in [0.1, 0.15) is 0 Å². The highest BCUT2D eigenvalue weighted by Crippen LogP contribution is 2.36. The Bertz CT molecular complexity index is 341. The first-order valence-corrected chi connectivity index (χ1v) is 11.1. The van der Waals surface area contributed by atoms with Crippen molar-refractivity contribution in [3.63, 3.8) is 0 Å². The Balaban J connectivity index is 2.99. The summed E-state index contributed by atoms with van der Waals surface area (Å²) in [5.41, 5.74) is 1.72. The zero-order chi connectivity index (χ0) is 15.6. The molecule has 1 unspecified atom stereocenters. The van der Waals surface area contributed by atoms with E-state index in [1.165, 1.54) is 43.3 Å². The summed E-state index contributed by atoms with van der Waals surface area (Å²) < 4.78 is 6.58. The van der Waals surface area contributed by atoms with Gasteiger partial charge in [-0.3, -0.25) is 0 Å². The predicted molar refractivity (Wildman–Crippen MR) is 96.0 cm³/mol. The van der Waals surface area contributed by atoms with Gasteiger partial charge in [-0.25, -0.2) is 0 Å². The van der Waals surface area contributed by atoms with Gasteiger partial charge in [0.2, 0.25) is 0 Å². The highest BCUT2D eigenvalue weighted by molar-refractivity contribution is 6.75. The van der Waals surface area contributed by atoms with Crippen molar-refractivity contribution >= 4 is 8.32 Å². The van der Waals surface area contributed by atoms with Gasteiger partial charge in [0.05, 0.1) is 0 Å². The van der Waals surface area contributed by atoms with Crippen molar-refractivity contribution in [1.29, 1.82) is 0 Å². The van der Waals surface area contributed by atoms with Crippen LogP contribution in [-0.2, 0) is 4.43 Å². The van der Waals surface area contributed by atoms with E-state index in [0.29, 0.717) is 5.54 Å². The third kappa shape index (κ3) is 5.59. The van der Waals surface area contributed by atoms with Crippen molar-refractivity contribution in [3.8, 4) is 0 Å². The molecule has 0 saturated heterocycles. The first kappa shape index (κ1) is 18.4. The lowest BCUT2D eigenvalue weighted by Gasteiger charge is -2.37. The van der Waals surface area contributed by atoms with Gasteiger partial charge in [-0.05, 0) is 31.0 Å². The molecule has 2 heteroatoms. The van der Waals surface area contributed by atoms with Gasteiger partial charge in [0.15, 0.2) is 8.32 Å². The molecule has 0 aliphatic carbocycles. The summed E-state index contributed by atoms with van der Waals surface area (Å²) in [6, 6.07) is 13.3. The summed E-state index contributed by atoms with van der Waals surface area (Å²) in [6.45, 7) is 12.2. The second kappa shape index (κ2) is 10.2. The molecule has 0 spiro atoms. The SMILES string of the molecule is [CH2]C(c1ccccc1)[Si](CCCC)(CCCC)OCCC. The van der Waals surface area contributed by atoms with E-state index >= 15 is 0 Å². The summed E-state index contributed by atoms with van der Waals surface area (Å²) in [6.07, 6.45) is 6.15. The quantitative estimate of drug-likeness (QED) is 0.448. The lowest BCUT2D eigenvalue weighted by atomic mass is 10.2. The third-order valence-corrected chi connectivity index (χ3v) is 9.12. The highest BCUT2D eigenvalue weighted by atomic mass is 28.4. The number of benzene rings is 1. The zero-order valence-corrected chi connectivity index (χ0v) is 15.2. The molecular weight excluding hydrogens is 272 g/mol. The molecule has 1 aromatic carbocycles. The largest absolute Gasteiger partial charge is 0.416 e. The van der Waals surface area contributed by atoms with E-state index in [1.807, 2.05) is 0 Å². The fraction of sp³-hybridized carbons (Fsp3) is 0.632. The van der Waals surface area contributed by atoms with Gasteiger partial charge in [-0.2, -0.15) is 0 Å². The van der Waals surface area contributed by atoms with Crippen LogP contribution in [0.25, 0.3) is 0 Å². The number of rotatable bonds is 11. The number of unbranched alkanes of at least 4 members (excludes halogenated alkanes) is 2. The van der Waals surface area contributed by atoms with Crippen LogP contribution in [0.5, 0.6) is 0 Å². The van der Waals surface area contributed by atoms with Gasteiger partial charge in [-0.15, -0.1) is 0 Å². The molecule has 0 bridgehead atoms. The zero-order valence-electron chi connectivity index (χ0n) is 14.2. The minimum Gasteiger partial charge on any atom is -0.416 e. The smallest absolute Gasteiger partial charge is 0.200 e. The molecule has 0 aromatic heterocycles. The normalized spacial score (nSPS) is 13.3. The molecule has 0 amide bonds. The number of hydrogen-bond donors (Lipinski definition) is 0. The standard InChI is InChI=1S/C19H33OSi/c1-5-8-16-21(17-9-6-2,20-15-7-3)18(4)19-13-11-10-12-14-19/h10-14,18H,4-9,15-17H2,1-3H3. The molecule has 1 aromatic rings. The van der Waals surface area contributed by atoms with E-state index in [2.05, 4.69) is 58.0 Å². The van der Waals surface area contributed by atoms with Crippen LogP contribution in [0.15, 0.2) is 30.3 Å². The maximum atomic E-state index is 6.58. The summed E-state index contributed by atoms with van der Waals surface area (Å²) in [4.78, 5) is 0. The Morgan fingerprint density at radius 3 is 2.00 bits per heavy atom. The van der Waals surface area contributed by atoms with Crippen molar-refractivity contribution in [2.45, 2.75) is 70.5 Å². The van der Waals surface area contributed by atoms with E-state index < -0.39 is 8.32 Å². The van der Waals surface area contributed by atoms with Gasteiger partial charge in [-0.1, -0.05) is 76.8 Å². The van der Waals surface area contributed by atoms with Crippen LogP contribution in [-0.4, -0.2) is 14.9 Å². The van der Waals surface area contributed by atoms with Crippen LogP contribution in [0.4, 0.5) is 0 Å². The van der Waals surface area contributed by atoms with Gasteiger partial charge in [0, 0.05) is 12.1 Å². The van der Waals surface area contributed by atoms with Gasteiger partial charge in [0.25, 0.3) is 0 Å². The fourth-order valence-corrected chi connectivity index (χ4v) is 7.72. The topological polar surface area (TPSA) is 9.23 Å². The maximum Gasteiger partial charge on any atom is 0.200 e. The lowest BCUT2D eigenvalue weighted by Crippen LogP contribution is -2.44. The Morgan fingerprint density at radius 2 is 1.52 bits per heavy atom. The molecule has 0 heterocycles. The van der Waals surface area contributed by atoms with E-state index in [4.69, 9.17) is 4.43 Å². The molecule has 0 aliphatic heterocycles. The molecule has 1 nitrogen and oxygen atoms in total. The van der Waals surface area contributed by atoms with Crippen LogP contribution in [0.2, 0.25) is 12.1 Å². The van der Waals surface area contributed by atoms with Gasteiger partial charge < -0.3 is 4.43 Å². The maximum absolute atomic E-state index is 6.58. The average Bonchev–Trinajstić information content (AvgIpc) is 2.55. The molecule has 119 valence electrons. The molecule has 0 N–H and O–H groups in total. The molecule has 0 aliphatic rings. The lowest BCUT2D eigenvalue weighted by molar-refractivity contribution is 0.290. The van der Waals surface area contributed by atoms with Gasteiger partial charge >= 0.3 is 0 Å². The minimum atomic E-state index is -1.81. The van der Waals surface area contributed by atoms with Crippen LogP contribution < -0.4 is 0 Å². The van der Waals surface area contributed by atoms with Crippen LogP contribution in [0, 0.1) is 6.92 Å². The third-order valence-electron chi connectivity index (χ3n) is 4.34. The molecule has 1 radical (unpaired) electrons. The Hall–Kier alpha value is -0.603. The molecule has 21 heavy (non-hydrogen) atoms. The summed E-state index contributed by atoms with van der Waals surface area (Å²) >= 11 is 0. The van der Waals surface area contributed by atoms with Crippen LogP contribution in [0.1, 0.15) is 64.0 Å². The molecular formula is C19H33OSi.